The highest BCUT2D eigenvalue weighted by atomic mass is 19.1. The van der Waals surface area contributed by atoms with E-state index >= 15 is 0 Å². The fourth-order valence-electron chi connectivity index (χ4n) is 3.17. The van der Waals surface area contributed by atoms with Gasteiger partial charge in [0.1, 0.15) is 11.5 Å². The van der Waals surface area contributed by atoms with Gasteiger partial charge in [0.25, 0.3) is 5.91 Å². The number of para-hydroxylation sites is 1. The van der Waals surface area contributed by atoms with Crippen LogP contribution in [0.5, 0.6) is 0 Å². The topological polar surface area (TPSA) is 74.0 Å². The van der Waals surface area contributed by atoms with Crippen molar-refractivity contribution in [2.24, 2.45) is 0 Å². The SMILES string of the molecule is Cc1cn[nH]c1[C@@H]1COCCN1C(=O)c1cc2cccc(F)c2[nH]1. The number of nitrogens with one attached hydrogen (secondary N) is 2. The molecule has 1 fully saturated rings. The summed E-state index contributed by atoms with van der Waals surface area (Å²) in [5.74, 6) is -0.539. The molecule has 0 bridgehead atoms. The number of carbonyl (C=O) groups excluding carboxylic acids is 1. The van der Waals surface area contributed by atoms with Crippen molar-refractivity contribution in [1.82, 2.24) is 20.1 Å². The number of aromatic nitrogens is 3. The third-order valence-electron chi connectivity index (χ3n) is 4.43. The van der Waals surface area contributed by atoms with Crippen LogP contribution >= 0.6 is 0 Å². The zero-order chi connectivity index (χ0) is 16.7. The summed E-state index contributed by atoms with van der Waals surface area (Å²) in [6.45, 7) is 3.29. The number of benzene rings is 1. The molecule has 0 aliphatic carbocycles. The number of H-pyrrole nitrogens is 2. The van der Waals surface area contributed by atoms with Crippen molar-refractivity contribution in [3.8, 4) is 0 Å². The van der Waals surface area contributed by atoms with Gasteiger partial charge in [-0.1, -0.05) is 12.1 Å². The molecule has 1 atom stereocenters. The van der Waals surface area contributed by atoms with Crippen molar-refractivity contribution in [2.75, 3.05) is 19.8 Å². The third-order valence-corrected chi connectivity index (χ3v) is 4.43. The molecule has 24 heavy (non-hydrogen) atoms. The molecular formula is C17H17FN4O2. The van der Waals surface area contributed by atoms with Gasteiger partial charge in [0, 0.05) is 11.9 Å². The van der Waals surface area contributed by atoms with Crippen LogP contribution in [0.15, 0.2) is 30.5 Å². The number of aryl methyl sites for hydroxylation is 1. The quantitative estimate of drug-likeness (QED) is 0.759. The van der Waals surface area contributed by atoms with Crippen LogP contribution in [-0.4, -0.2) is 45.7 Å². The molecule has 0 unspecified atom stereocenters. The van der Waals surface area contributed by atoms with Gasteiger partial charge < -0.3 is 14.6 Å². The largest absolute Gasteiger partial charge is 0.377 e. The van der Waals surface area contributed by atoms with E-state index in [0.717, 1.165) is 11.3 Å². The van der Waals surface area contributed by atoms with Crippen LogP contribution in [0.2, 0.25) is 0 Å². The number of carbonyl (C=O) groups is 1. The highest BCUT2D eigenvalue weighted by Crippen LogP contribution is 2.27. The number of nitrogens with zero attached hydrogens (tertiary/aromatic N) is 2. The van der Waals surface area contributed by atoms with Crippen LogP contribution in [-0.2, 0) is 4.74 Å². The van der Waals surface area contributed by atoms with E-state index in [9.17, 15) is 9.18 Å². The van der Waals surface area contributed by atoms with E-state index in [4.69, 9.17) is 4.74 Å². The van der Waals surface area contributed by atoms with Crippen molar-refractivity contribution in [1.29, 1.82) is 0 Å². The fraction of sp³-hybridized carbons (Fsp3) is 0.294. The predicted molar refractivity (Wildman–Crippen MR) is 86.2 cm³/mol. The fourth-order valence-corrected chi connectivity index (χ4v) is 3.17. The molecule has 0 spiro atoms. The zero-order valence-electron chi connectivity index (χ0n) is 13.2. The molecule has 1 aliphatic heterocycles. The average Bonchev–Trinajstić information content (AvgIpc) is 3.21. The summed E-state index contributed by atoms with van der Waals surface area (Å²) in [6, 6.07) is 6.24. The summed E-state index contributed by atoms with van der Waals surface area (Å²) < 4.78 is 19.4. The molecule has 4 rings (SSSR count). The van der Waals surface area contributed by atoms with Crippen molar-refractivity contribution in [2.45, 2.75) is 13.0 Å². The minimum Gasteiger partial charge on any atom is -0.377 e. The van der Waals surface area contributed by atoms with E-state index in [-0.39, 0.29) is 17.8 Å². The summed E-state index contributed by atoms with van der Waals surface area (Å²) in [6.07, 6.45) is 1.73. The molecule has 3 aromatic rings. The first kappa shape index (κ1) is 14.9. The smallest absolute Gasteiger partial charge is 0.271 e. The van der Waals surface area contributed by atoms with Crippen LogP contribution in [0.25, 0.3) is 10.9 Å². The highest BCUT2D eigenvalue weighted by Gasteiger charge is 2.32. The van der Waals surface area contributed by atoms with E-state index in [1.54, 1.807) is 29.3 Å². The Morgan fingerprint density at radius 1 is 1.46 bits per heavy atom. The summed E-state index contributed by atoms with van der Waals surface area (Å²) in [4.78, 5) is 17.6. The third kappa shape index (κ3) is 2.37. The van der Waals surface area contributed by atoms with E-state index in [2.05, 4.69) is 15.2 Å². The maximum atomic E-state index is 13.9. The summed E-state index contributed by atoms with van der Waals surface area (Å²) >= 11 is 0. The van der Waals surface area contributed by atoms with Crippen molar-refractivity contribution in [3.63, 3.8) is 0 Å². The number of amides is 1. The standard InChI is InChI=1S/C17H17FN4O2/c1-10-8-19-21-15(10)14-9-24-6-5-22(14)17(23)13-7-11-3-2-4-12(18)16(11)20-13/h2-4,7-8,14,20H,5-6,9H2,1H3,(H,19,21)/t14-/m0/s1. The van der Waals surface area contributed by atoms with Crippen LogP contribution < -0.4 is 0 Å². The van der Waals surface area contributed by atoms with Gasteiger partial charge in [-0.2, -0.15) is 5.10 Å². The molecule has 6 nitrogen and oxygen atoms in total. The molecule has 0 saturated carbocycles. The lowest BCUT2D eigenvalue weighted by atomic mass is 10.1. The Morgan fingerprint density at radius 2 is 2.33 bits per heavy atom. The van der Waals surface area contributed by atoms with Crippen molar-refractivity contribution < 1.29 is 13.9 Å². The summed E-state index contributed by atoms with van der Waals surface area (Å²) in [5, 5.41) is 7.67. The van der Waals surface area contributed by atoms with Gasteiger partial charge in [0.15, 0.2) is 0 Å². The lowest BCUT2D eigenvalue weighted by Gasteiger charge is -2.35. The molecule has 124 valence electrons. The minimum atomic E-state index is -0.366. The molecule has 0 radical (unpaired) electrons. The van der Waals surface area contributed by atoms with Crippen LogP contribution in [0.1, 0.15) is 27.8 Å². The molecule has 2 N–H and O–H groups in total. The summed E-state index contributed by atoms with van der Waals surface area (Å²) in [5.41, 5.74) is 2.57. The van der Waals surface area contributed by atoms with Gasteiger partial charge >= 0.3 is 0 Å². The van der Waals surface area contributed by atoms with Gasteiger partial charge in [0.2, 0.25) is 0 Å². The molecule has 3 heterocycles. The predicted octanol–water partition coefficient (Wildman–Crippen LogP) is 2.55. The molecule has 1 saturated heterocycles. The van der Waals surface area contributed by atoms with Crippen molar-refractivity contribution in [3.05, 3.63) is 53.2 Å². The van der Waals surface area contributed by atoms with Gasteiger partial charge in [-0.05, 0) is 24.6 Å². The number of ether oxygens (including phenoxy) is 1. The van der Waals surface area contributed by atoms with Gasteiger partial charge in [-0.3, -0.25) is 9.89 Å². The number of hydrogen-bond donors (Lipinski definition) is 2. The Hall–Kier alpha value is -2.67. The van der Waals surface area contributed by atoms with E-state index in [1.807, 2.05) is 6.92 Å². The number of rotatable bonds is 2. The molecule has 2 aromatic heterocycles. The Balaban J connectivity index is 1.70. The Bertz CT molecular complexity index is 901. The normalized spacial score (nSPS) is 18.2. The van der Waals surface area contributed by atoms with Crippen molar-refractivity contribution >= 4 is 16.8 Å². The van der Waals surface area contributed by atoms with E-state index in [0.29, 0.717) is 36.4 Å². The van der Waals surface area contributed by atoms with Crippen LogP contribution in [0.4, 0.5) is 4.39 Å². The molecule has 1 amide bonds. The second-order valence-corrected chi connectivity index (χ2v) is 5.94. The van der Waals surface area contributed by atoms with Gasteiger partial charge in [0.05, 0.1) is 36.7 Å². The first-order valence-electron chi connectivity index (χ1n) is 7.81. The van der Waals surface area contributed by atoms with Gasteiger partial charge in [-0.15, -0.1) is 0 Å². The second-order valence-electron chi connectivity index (χ2n) is 5.94. The Morgan fingerprint density at radius 3 is 3.08 bits per heavy atom. The minimum absolute atomic E-state index is 0.173. The number of halogens is 1. The van der Waals surface area contributed by atoms with Gasteiger partial charge in [-0.25, -0.2) is 4.39 Å². The first-order chi connectivity index (χ1) is 11.6. The van der Waals surface area contributed by atoms with Crippen LogP contribution in [0, 0.1) is 12.7 Å². The molecule has 7 heteroatoms. The summed E-state index contributed by atoms with van der Waals surface area (Å²) in [7, 11) is 0. The first-order valence-corrected chi connectivity index (χ1v) is 7.81. The number of fused-ring (bicyclic) bond motifs is 1. The highest BCUT2D eigenvalue weighted by molar-refractivity contribution is 5.98. The molecular weight excluding hydrogens is 311 g/mol. The molecule has 1 aromatic carbocycles. The Labute approximate surface area is 137 Å². The maximum Gasteiger partial charge on any atom is 0.271 e. The number of morpholine rings is 1. The zero-order valence-corrected chi connectivity index (χ0v) is 13.2. The number of hydrogen-bond acceptors (Lipinski definition) is 3. The van der Waals surface area contributed by atoms with E-state index < -0.39 is 0 Å². The number of aromatic amines is 2. The maximum absolute atomic E-state index is 13.9. The Kier molecular flexibility index (Phi) is 3.57. The lowest BCUT2D eigenvalue weighted by Crippen LogP contribution is -2.44. The lowest BCUT2D eigenvalue weighted by molar-refractivity contribution is -0.00433. The second kappa shape index (κ2) is 5.76. The van der Waals surface area contributed by atoms with E-state index in [1.165, 1.54) is 6.07 Å². The molecule has 1 aliphatic rings. The average molecular weight is 328 g/mol. The monoisotopic (exact) mass is 328 g/mol. The van der Waals surface area contributed by atoms with Crippen LogP contribution in [0.3, 0.4) is 0 Å².